The maximum Gasteiger partial charge on any atom is 0.312 e. The Morgan fingerprint density at radius 1 is 1.00 bits per heavy atom. The molecule has 26 heavy (non-hydrogen) atoms. The van der Waals surface area contributed by atoms with Crippen LogP contribution in [-0.4, -0.2) is 16.5 Å². The molecule has 0 aliphatic carbocycles. The topological polar surface area (TPSA) is 69.4 Å². The second kappa shape index (κ2) is 7.28. The van der Waals surface area contributed by atoms with Gasteiger partial charge in [-0.05, 0) is 52.2 Å². The highest BCUT2D eigenvalue weighted by Crippen LogP contribution is 2.33. The highest BCUT2D eigenvalue weighted by atomic mass is 16.6. The van der Waals surface area contributed by atoms with Gasteiger partial charge in [-0.2, -0.15) is 0 Å². The van der Waals surface area contributed by atoms with E-state index in [2.05, 4.69) is 0 Å². The van der Waals surface area contributed by atoms with Crippen molar-refractivity contribution in [3.05, 3.63) is 64.2 Å². The zero-order valence-corrected chi connectivity index (χ0v) is 15.9. The molecule has 0 fully saturated rings. The lowest BCUT2D eigenvalue weighted by atomic mass is 9.84. The van der Waals surface area contributed by atoms with Crippen LogP contribution in [0.1, 0.15) is 40.2 Å². The van der Waals surface area contributed by atoms with Gasteiger partial charge in [0.05, 0.1) is 10.3 Å². The minimum Gasteiger partial charge on any atom is -0.460 e. The fraction of sp³-hybridized carbons (Fsp3) is 0.381. The molecule has 5 nitrogen and oxygen atoms in total. The summed E-state index contributed by atoms with van der Waals surface area (Å²) in [5.74, 6) is -0.369. The maximum atomic E-state index is 12.5. The van der Waals surface area contributed by atoms with Crippen molar-refractivity contribution in [2.75, 3.05) is 0 Å². The number of benzene rings is 2. The molecule has 0 bridgehead atoms. The monoisotopic (exact) mass is 355 g/mol. The summed E-state index contributed by atoms with van der Waals surface area (Å²) in [5.41, 5.74) is 0.752. The van der Waals surface area contributed by atoms with Crippen LogP contribution >= 0.6 is 0 Å². The average molecular weight is 355 g/mol. The number of hydrogen-bond donors (Lipinski definition) is 0. The Bertz CT molecular complexity index is 805. The van der Waals surface area contributed by atoms with Crippen molar-refractivity contribution in [3.63, 3.8) is 0 Å². The number of ether oxygens (including phenoxy) is 1. The predicted octanol–water partition coefficient (Wildman–Crippen LogP) is 5.17. The largest absolute Gasteiger partial charge is 0.460 e. The summed E-state index contributed by atoms with van der Waals surface area (Å²) in [7, 11) is 0. The number of nitro benzene ring substituents is 1. The van der Waals surface area contributed by atoms with Crippen LogP contribution in [0.5, 0.6) is 0 Å². The van der Waals surface area contributed by atoms with Gasteiger partial charge in [-0.25, -0.2) is 0 Å². The van der Waals surface area contributed by atoms with Gasteiger partial charge in [0.15, 0.2) is 0 Å². The molecule has 0 saturated heterocycles. The van der Waals surface area contributed by atoms with E-state index >= 15 is 0 Å². The third kappa shape index (κ3) is 4.91. The van der Waals surface area contributed by atoms with E-state index in [1.54, 1.807) is 46.8 Å². The van der Waals surface area contributed by atoms with E-state index in [4.69, 9.17) is 4.74 Å². The van der Waals surface area contributed by atoms with E-state index in [0.29, 0.717) is 5.56 Å². The third-order valence-corrected chi connectivity index (χ3v) is 3.97. The molecule has 0 heterocycles. The number of carbonyl (C=O) groups excluding carboxylic acids is 1. The smallest absolute Gasteiger partial charge is 0.312 e. The highest BCUT2D eigenvalue weighted by molar-refractivity contribution is 5.77. The Morgan fingerprint density at radius 2 is 1.62 bits per heavy atom. The van der Waals surface area contributed by atoms with Crippen LogP contribution < -0.4 is 0 Å². The Balaban J connectivity index is 2.34. The van der Waals surface area contributed by atoms with Gasteiger partial charge < -0.3 is 4.74 Å². The fourth-order valence-corrected chi connectivity index (χ4v) is 2.66. The second-order valence-corrected chi connectivity index (χ2v) is 8.03. The number of rotatable bonds is 5. The van der Waals surface area contributed by atoms with Crippen molar-refractivity contribution in [2.24, 2.45) is 5.41 Å². The van der Waals surface area contributed by atoms with Gasteiger partial charge in [0.25, 0.3) is 5.69 Å². The van der Waals surface area contributed by atoms with Crippen LogP contribution in [0.15, 0.2) is 48.5 Å². The van der Waals surface area contributed by atoms with Gasteiger partial charge in [-0.1, -0.05) is 42.5 Å². The molecule has 0 spiro atoms. The molecule has 0 amide bonds. The first-order valence-corrected chi connectivity index (χ1v) is 8.56. The number of hydrogen-bond acceptors (Lipinski definition) is 4. The minimum absolute atomic E-state index is 0.0167. The molecule has 0 aliphatic rings. The first-order valence-electron chi connectivity index (χ1n) is 8.56. The van der Waals surface area contributed by atoms with Crippen LogP contribution in [0.3, 0.4) is 0 Å². The molecule has 0 aromatic heterocycles. The van der Waals surface area contributed by atoms with Crippen LogP contribution in [0.4, 0.5) is 5.69 Å². The number of nitro groups is 1. The molecule has 0 saturated carbocycles. The summed E-state index contributed by atoms with van der Waals surface area (Å²) in [6, 6.07) is 14.6. The molecule has 0 aliphatic heterocycles. The van der Waals surface area contributed by atoms with Gasteiger partial charge in [0.1, 0.15) is 5.60 Å². The van der Waals surface area contributed by atoms with Crippen molar-refractivity contribution in [1.29, 1.82) is 0 Å². The molecule has 2 aromatic rings. The van der Waals surface area contributed by atoms with Crippen LogP contribution in [-0.2, 0) is 16.0 Å². The normalized spacial score (nSPS) is 11.9. The van der Waals surface area contributed by atoms with Gasteiger partial charge in [-0.15, -0.1) is 0 Å². The summed E-state index contributed by atoms with van der Waals surface area (Å²) in [4.78, 5) is 23.6. The quantitative estimate of drug-likeness (QED) is 0.421. The van der Waals surface area contributed by atoms with Gasteiger partial charge in [0.2, 0.25) is 0 Å². The summed E-state index contributed by atoms with van der Waals surface area (Å²) < 4.78 is 5.46. The zero-order chi connectivity index (χ0) is 19.5. The van der Waals surface area contributed by atoms with E-state index in [0.717, 1.165) is 11.1 Å². The standard InChI is InChI=1S/C21H25NO4/c1-20(2,3)26-19(23)21(4,5)14-17-12-11-16(13-18(17)22(24)25)15-9-7-6-8-10-15/h6-13H,14H2,1-5H3. The molecule has 0 atom stereocenters. The molecule has 0 unspecified atom stereocenters. The van der Waals surface area contributed by atoms with E-state index in [1.165, 1.54) is 0 Å². The van der Waals surface area contributed by atoms with Crippen molar-refractivity contribution in [2.45, 2.75) is 46.6 Å². The average Bonchev–Trinajstić information content (AvgIpc) is 2.54. The molecule has 0 N–H and O–H groups in total. The summed E-state index contributed by atoms with van der Waals surface area (Å²) in [6.45, 7) is 8.90. The van der Waals surface area contributed by atoms with Crippen molar-refractivity contribution in [3.8, 4) is 11.1 Å². The number of nitrogens with zero attached hydrogens (tertiary/aromatic N) is 1. The Labute approximate surface area is 154 Å². The van der Waals surface area contributed by atoms with Crippen molar-refractivity contribution in [1.82, 2.24) is 0 Å². The Morgan fingerprint density at radius 3 is 2.15 bits per heavy atom. The van der Waals surface area contributed by atoms with E-state index < -0.39 is 15.9 Å². The maximum absolute atomic E-state index is 12.5. The van der Waals surface area contributed by atoms with Crippen molar-refractivity contribution >= 4 is 11.7 Å². The van der Waals surface area contributed by atoms with Crippen LogP contribution in [0.2, 0.25) is 0 Å². The summed E-state index contributed by atoms with van der Waals surface area (Å²) in [5, 5.41) is 11.6. The SMILES string of the molecule is CC(C)(C)OC(=O)C(C)(C)Cc1ccc(-c2ccccc2)cc1[N+](=O)[O-]. The second-order valence-electron chi connectivity index (χ2n) is 8.03. The molecule has 0 radical (unpaired) electrons. The molecule has 2 rings (SSSR count). The predicted molar refractivity (Wildman–Crippen MR) is 102 cm³/mol. The van der Waals surface area contributed by atoms with E-state index in [9.17, 15) is 14.9 Å². The summed E-state index contributed by atoms with van der Waals surface area (Å²) in [6.07, 6.45) is 0.229. The van der Waals surface area contributed by atoms with Crippen LogP contribution in [0, 0.1) is 15.5 Å². The lowest BCUT2D eigenvalue weighted by Crippen LogP contribution is -2.35. The lowest BCUT2D eigenvalue weighted by molar-refractivity contribution is -0.385. The molecule has 2 aromatic carbocycles. The number of esters is 1. The highest BCUT2D eigenvalue weighted by Gasteiger charge is 2.34. The third-order valence-electron chi connectivity index (χ3n) is 3.97. The zero-order valence-electron chi connectivity index (χ0n) is 15.9. The molecular formula is C21H25NO4. The van der Waals surface area contributed by atoms with Gasteiger partial charge in [0, 0.05) is 11.6 Å². The summed E-state index contributed by atoms with van der Waals surface area (Å²) >= 11 is 0. The van der Waals surface area contributed by atoms with Crippen molar-refractivity contribution < 1.29 is 14.5 Å². The van der Waals surface area contributed by atoms with Gasteiger partial charge >= 0.3 is 5.97 Å². The van der Waals surface area contributed by atoms with Gasteiger partial charge in [-0.3, -0.25) is 14.9 Å². The minimum atomic E-state index is -0.869. The molecular weight excluding hydrogens is 330 g/mol. The van der Waals surface area contributed by atoms with E-state index in [-0.39, 0.29) is 18.1 Å². The number of carbonyl (C=O) groups is 1. The fourth-order valence-electron chi connectivity index (χ4n) is 2.66. The first-order chi connectivity index (χ1) is 12.0. The lowest BCUT2D eigenvalue weighted by Gasteiger charge is -2.28. The van der Waals surface area contributed by atoms with E-state index in [1.807, 2.05) is 36.4 Å². The van der Waals surface area contributed by atoms with Crippen LogP contribution in [0.25, 0.3) is 11.1 Å². The first kappa shape index (κ1) is 19.6. The molecule has 5 heteroatoms. The molecule has 138 valence electrons. The Hall–Kier alpha value is -2.69. The Kier molecular flexibility index (Phi) is 5.50.